The molecule has 0 saturated heterocycles. The van der Waals surface area contributed by atoms with Crippen LogP contribution >= 0.6 is 11.8 Å². The Balaban J connectivity index is 1.35. The van der Waals surface area contributed by atoms with Gasteiger partial charge in [0.2, 0.25) is 0 Å². The fraction of sp³-hybridized carbons (Fsp3) is 0.400. The van der Waals surface area contributed by atoms with Crippen LogP contribution in [0.25, 0.3) is 5.65 Å². The zero-order chi connectivity index (χ0) is 22.6. The number of pyridine rings is 1. The van der Waals surface area contributed by atoms with Crippen molar-refractivity contribution in [2.45, 2.75) is 62.5 Å². The highest BCUT2D eigenvalue weighted by molar-refractivity contribution is 7.98. The van der Waals surface area contributed by atoms with Crippen LogP contribution in [0.3, 0.4) is 0 Å². The van der Waals surface area contributed by atoms with Gasteiger partial charge in [-0.3, -0.25) is 0 Å². The SMILES string of the molecule is COc1cccc(NCc2nnc(SCc3cn4cccc(C)c4n3)n2C2CCCCC2)c1. The highest BCUT2D eigenvalue weighted by Gasteiger charge is 2.23. The van der Waals surface area contributed by atoms with E-state index in [1.807, 2.05) is 24.3 Å². The molecule has 33 heavy (non-hydrogen) atoms. The number of fused-ring (bicyclic) bond motifs is 1. The molecule has 0 atom stereocenters. The molecule has 0 unspecified atom stereocenters. The number of hydrogen-bond acceptors (Lipinski definition) is 6. The van der Waals surface area contributed by atoms with Crippen LogP contribution in [0.5, 0.6) is 5.75 Å². The van der Waals surface area contributed by atoms with Crippen molar-refractivity contribution in [3.63, 3.8) is 0 Å². The molecule has 0 bridgehead atoms. The zero-order valence-electron chi connectivity index (χ0n) is 19.2. The van der Waals surface area contributed by atoms with Crippen molar-refractivity contribution in [1.82, 2.24) is 24.1 Å². The molecule has 1 aliphatic rings. The molecule has 0 aliphatic heterocycles. The number of nitrogens with zero attached hydrogens (tertiary/aromatic N) is 5. The van der Waals surface area contributed by atoms with Crippen molar-refractivity contribution in [2.75, 3.05) is 12.4 Å². The van der Waals surface area contributed by atoms with E-state index in [9.17, 15) is 0 Å². The topological polar surface area (TPSA) is 69.3 Å². The van der Waals surface area contributed by atoms with E-state index in [1.165, 1.54) is 37.7 Å². The number of hydrogen-bond donors (Lipinski definition) is 1. The van der Waals surface area contributed by atoms with Crippen LogP contribution in [0.1, 0.15) is 55.2 Å². The normalized spacial score (nSPS) is 14.6. The summed E-state index contributed by atoms with van der Waals surface area (Å²) in [6, 6.07) is 12.6. The third-order valence-corrected chi connectivity index (χ3v) is 7.25. The Bertz CT molecular complexity index is 1230. The average Bonchev–Trinajstić information content (AvgIpc) is 3.46. The lowest BCUT2D eigenvalue weighted by molar-refractivity contribution is 0.330. The van der Waals surface area contributed by atoms with Crippen LogP contribution in [-0.2, 0) is 12.3 Å². The van der Waals surface area contributed by atoms with Crippen molar-refractivity contribution < 1.29 is 4.74 Å². The minimum Gasteiger partial charge on any atom is -0.497 e. The maximum Gasteiger partial charge on any atom is 0.191 e. The Labute approximate surface area is 198 Å². The van der Waals surface area contributed by atoms with Gasteiger partial charge in [0.05, 0.1) is 19.3 Å². The van der Waals surface area contributed by atoms with Gasteiger partial charge in [0, 0.05) is 35.9 Å². The number of nitrogens with one attached hydrogen (secondary N) is 1. The van der Waals surface area contributed by atoms with Gasteiger partial charge < -0.3 is 19.0 Å². The minimum atomic E-state index is 0.460. The van der Waals surface area contributed by atoms with Gasteiger partial charge in [-0.1, -0.05) is 43.2 Å². The van der Waals surface area contributed by atoms with Gasteiger partial charge in [0.15, 0.2) is 11.0 Å². The maximum absolute atomic E-state index is 5.35. The number of anilines is 1. The summed E-state index contributed by atoms with van der Waals surface area (Å²) in [6.07, 6.45) is 10.4. The molecule has 1 saturated carbocycles. The molecular formula is C25H30N6OS. The fourth-order valence-electron chi connectivity index (χ4n) is 4.56. The molecule has 1 fully saturated rings. The van der Waals surface area contributed by atoms with Crippen LogP contribution in [0, 0.1) is 6.92 Å². The number of rotatable bonds is 8. The Morgan fingerprint density at radius 3 is 2.82 bits per heavy atom. The Hall–Kier alpha value is -3.00. The summed E-state index contributed by atoms with van der Waals surface area (Å²) in [4.78, 5) is 4.83. The molecule has 4 aromatic rings. The second-order valence-electron chi connectivity index (χ2n) is 8.59. The van der Waals surface area contributed by atoms with Crippen molar-refractivity contribution in [2.24, 2.45) is 0 Å². The van der Waals surface area contributed by atoms with E-state index in [0.717, 1.165) is 39.5 Å². The van der Waals surface area contributed by atoms with E-state index in [1.54, 1.807) is 18.9 Å². The Morgan fingerprint density at radius 1 is 1.12 bits per heavy atom. The fourth-order valence-corrected chi connectivity index (χ4v) is 5.47. The van der Waals surface area contributed by atoms with Crippen LogP contribution in [0.4, 0.5) is 5.69 Å². The minimum absolute atomic E-state index is 0.460. The molecule has 3 aromatic heterocycles. The van der Waals surface area contributed by atoms with Gasteiger partial charge in [-0.15, -0.1) is 10.2 Å². The molecule has 7 nitrogen and oxygen atoms in total. The summed E-state index contributed by atoms with van der Waals surface area (Å²) < 4.78 is 9.82. The van der Waals surface area contributed by atoms with E-state index >= 15 is 0 Å². The molecular weight excluding hydrogens is 432 g/mol. The predicted molar refractivity (Wildman–Crippen MR) is 132 cm³/mol. The third-order valence-electron chi connectivity index (χ3n) is 6.27. The first kappa shape index (κ1) is 21.8. The van der Waals surface area contributed by atoms with Gasteiger partial charge in [0.25, 0.3) is 0 Å². The summed E-state index contributed by atoms with van der Waals surface area (Å²) in [5, 5.41) is 13.7. The lowest BCUT2D eigenvalue weighted by Crippen LogP contribution is -2.18. The van der Waals surface area contributed by atoms with Gasteiger partial charge in [0.1, 0.15) is 11.4 Å². The summed E-state index contributed by atoms with van der Waals surface area (Å²) in [6.45, 7) is 2.73. The van der Waals surface area contributed by atoms with Crippen molar-refractivity contribution in [3.05, 3.63) is 65.9 Å². The summed E-state index contributed by atoms with van der Waals surface area (Å²) in [5.41, 5.74) is 4.28. The number of ether oxygens (including phenoxy) is 1. The molecule has 0 spiro atoms. The summed E-state index contributed by atoms with van der Waals surface area (Å²) in [7, 11) is 1.69. The maximum atomic E-state index is 5.35. The molecule has 5 rings (SSSR count). The predicted octanol–water partition coefficient (Wildman–Crippen LogP) is 5.65. The Kier molecular flexibility index (Phi) is 6.53. The van der Waals surface area contributed by atoms with Gasteiger partial charge in [-0.25, -0.2) is 4.98 Å². The lowest BCUT2D eigenvalue weighted by Gasteiger charge is -2.25. The first-order valence-electron chi connectivity index (χ1n) is 11.6. The van der Waals surface area contributed by atoms with Crippen LogP contribution in [-0.4, -0.2) is 31.3 Å². The molecule has 1 aromatic carbocycles. The molecule has 8 heteroatoms. The standard InChI is InChI=1S/C25H30N6OS/c1-18-8-7-13-30-16-20(27-24(18)30)17-33-25-29-28-23(31(25)21-10-4-3-5-11-21)15-26-19-9-6-12-22(14-19)32-2/h6-9,12-14,16,21,26H,3-5,10-11,15,17H2,1-2H3. The van der Waals surface area contributed by atoms with Crippen molar-refractivity contribution in [3.8, 4) is 5.75 Å². The molecule has 0 radical (unpaired) electrons. The smallest absolute Gasteiger partial charge is 0.191 e. The number of aryl methyl sites for hydroxylation is 1. The number of aromatic nitrogens is 5. The summed E-state index contributed by atoms with van der Waals surface area (Å²) in [5.74, 6) is 2.60. The summed E-state index contributed by atoms with van der Waals surface area (Å²) >= 11 is 1.73. The Morgan fingerprint density at radius 2 is 2.00 bits per heavy atom. The molecule has 172 valence electrons. The van der Waals surface area contributed by atoms with Crippen molar-refractivity contribution >= 4 is 23.1 Å². The van der Waals surface area contributed by atoms with E-state index in [0.29, 0.717) is 12.6 Å². The zero-order valence-corrected chi connectivity index (χ0v) is 20.0. The van der Waals surface area contributed by atoms with E-state index in [-0.39, 0.29) is 0 Å². The molecule has 0 amide bonds. The molecule has 3 heterocycles. The largest absolute Gasteiger partial charge is 0.497 e. The average molecular weight is 463 g/mol. The van der Waals surface area contributed by atoms with E-state index in [2.05, 4.69) is 55.9 Å². The highest BCUT2D eigenvalue weighted by Crippen LogP contribution is 2.34. The van der Waals surface area contributed by atoms with Crippen LogP contribution in [0.2, 0.25) is 0 Å². The second-order valence-corrected chi connectivity index (χ2v) is 9.53. The monoisotopic (exact) mass is 462 g/mol. The lowest BCUT2D eigenvalue weighted by atomic mass is 9.95. The van der Waals surface area contributed by atoms with Gasteiger partial charge in [-0.2, -0.15) is 0 Å². The third kappa shape index (κ3) is 4.85. The number of imidazole rings is 1. The highest BCUT2D eigenvalue weighted by atomic mass is 32.2. The van der Waals surface area contributed by atoms with Crippen molar-refractivity contribution in [1.29, 1.82) is 0 Å². The molecule has 1 N–H and O–H groups in total. The second kappa shape index (κ2) is 9.87. The van der Waals surface area contributed by atoms with Crippen LogP contribution < -0.4 is 10.1 Å². The van der Waals surface area contributed by atoms with Crippen LogP contribution in [0.15, 0.2) is 53.9 Å². The number of thioether (sulfide) groups is 1. The van der Waals surface area contributed by atoms with Gasteiger partial charge in [-0.05, 0) is 43.5 Å². The number of methoxy groups -OCH3 is 1. The van der Waals surface area contributed by atoms with E-state index < -0.39 is 0 Å². The molecule has 1 aliphatic carbocycles. The van der Waals surface area contributed by atoms with E-state index in [4.69, 9.17) is 9.72 Å². The van der Waals surface area contributed by atoms with Gasteiger partial charge >= 0.3 is 0 Å². The quantitative estimate of drug-likeness (QED) is 0.341. The first-order valence-corrected chi connectivity index (χ1v) is 12.6. The number of benzene rings is 1. The first-order chi connectivity index (χ1) is 16.2.